The summed E-state index contributed by atoms with van der Waals surface area (Å²) in [7, 11) is 1.46. The Morgan fingerprint density at radius 2 is 2.18 bits per heavy atom. The van der Waals surface area contributed by atoms with Crippen molar-refractivity contribution in [2.24, 2.45) is 5.92 Å². The number of rotatable bonds is 4. The van der Waals surface area contributed by atoms with E-state index in [-0.39, 0.29) is 11.6 Å². The van der Waals surface area contributed by atoms with E-state index >= 15 is 0 Å². The zero-order chi connectivity index (χ0) is 12.5. The molecule has 1 saturated carbocycles. The minimum Gasteiger partial charge on any atom is -0.468 e. The Balaban J connectivity index is 2.07. The Hall–Kier alpha value is -0.610. The second-order valence-corrected chi connectivity index (χ2v) is 5.93. The summed E-state index contributed by atoms with van der Waals surface area (Å²) in [6.07, 6.45) is 3.95. The van der Waals surface area contributed by atoms with Gasteiger partial charge in [0.1, 0.15) is 5.54 Å². The van der Waals surface area contributed by atoms with Crippen LogP contribution in [0.3, 0.4) is 0 Å². The summed E-state index contributed by atoms with van der Waals surface area (Å²) in [5.74, 6) is 0.608. The highest BCUT2D eigenvalue weighted by atomic mass is 16.5. The Bertz CT molecular complexity index is 299. The van der Waals surface area contributed by atoms with Crippen molar-refractivity contribution in [3.05, 3.63) is 0 Å². The number of hydrogen-bond acceptors (Lipinski definition) is 4. The van der Waals surface area contributed by atoms with Gasteiger partial charge in [-0.3, -0.25) is 4.79 Å². The fraction of sp³-hybridized carbons (Fsp3) is 0.923. The molecule has 17 heavy (non-hydrogen) atoms. The number of hydrogen-bond donors (Lipinski definition) is 1. The maximum atomic E-state index is 12.1. The van der Waals surface area contributed by atoms with Gasteiger partial charge in [-0.15, -0.1) is 0 Å². The van der Waals surface area contributed by atoms with Crippen LogP contribution < -0.4 is 5.32 Å². The van der Waals surface area contributed by atoms with Crippen molar-refractivity contribution in [3.8, 4) is 0 Å². The highest BCUT2D eigenvalue weighted by molar-refractivity contribution is 5.81. The SMILES string of the molecule is COC(=O)C1(NCC2CC2)CCOC(C)(C)C1. The molecule has 98 valence electrons. The molecule has 4 nitrogen and oxygen atoms in total. The molecule has 2 rings (SSSR count). The normalized spacial score (nSPS) is 32.2. The fourth-order valence-corrected chi connectivity index (χ4v) is 2.62. The first-order valence-electron chi connectivity index (χ1n) is 6.45. The molecule has 0 amide bonds. The molecule has 1 aliphatic carbocycles. The minimum atomic E-state index is -0.543. The van der Waals surface area contributed by atoms with Gasteiger partial charge >= 0.3 is 5.97 Å². The molecule has 1 atom stereocenters. The monoisotopic (exact) mass is 241 g/mol. The highest BCUT2D eigenvalue weighted by Gasteiger charge is 2.47. The number of carbonyl (C=O) groups is 1. The summed E-state index contributed by atoms with van der Waals surface area (Å²) in [4.78, 5) is 12.1. The molecule has 0 aromatic carbocycles. The largest absolute Gasteiger partial charge is 0.468 e. The lowest BCUT2D eigenvalue weighted by atomic mass is 9.81. The van der Waals surface area contributed by atoms with Gasteiger partial charge in [0.15, 0.2) is 0 Å². The third-order valence-electron chi connectivity index (χ3n) is 3.75. The summed E-state index contributed by atoms with van der Waals surface area (Å²) in [5.41, 5.74) is -0.803. The zero-order valence-electron chi connectivity index (χ0n) is 11.0. The average molecular weight is 241 g/mol. The number of methoxy groups -OCH3 is 1. The van der Waals surface area contributed by atoms with E-state index in [1.165, 1.54) is 20.0 Å². The molecule has 1 aliphatic heterocycles. The van der Waals surface area contributed by atoms with Crippen molar-refractivity contribution < 1.29 is 14.3 Å². The Labute approximate surface area is 103 Å². The van der Waals surface area contributed by atoms with Gasteiger partial charge in [0.25, 0.3) is 0 Å². The van der Waals surface area contributed by atoms with Crippen LogP contribution in [-0.2, 0) is 14.3 Å². The fourth-order valence-electron chi connectivity index (χ4n) is 2.62. The van der Waals surface area contributed by atoms with E-state index in [2.05, 4.69) is 5.32 Å². The third kappa shape index (κ3) is 2.99. The molecule has 1 saturated heterocycles. The minimum absolute atomic E-state index is 0.144. The molecular formula is C13H23NO3. The van der Waals surface area contributed by atoms with Crippen molar-refractivity contribution in [1.29, 1.82) is 0 Å². The van der Waals surface area contributed by atoms with Crippen LogP contribution in [-0.4, -0.2) is 37.4 Å². The zero-order valence-corrected chi connectivity index (χ0v) is 11.0. The molecule has 1 N–H and O–H groups in total. The molecule has 2 aliphatic rings. The van der Waals surface area contributed by atoms with Crippen molar-refractivity contribution in [2.45, 2.75) is 50.7 Å². The van der Waals surface area contributed by atoms with E-state index in [9.17, 15) is 4.79 Å². The Morgan fingerprint density at radius 1 is 1.47 bits per heavy atom. The van der Waals surface area contributed by atoms with Crippen LogP contribution in [0.25, 0.3) is 0 Å². The molecule has 1 heterocycles. The lowest BCUT2D eigenvalue weighted by molar-refractivity contribution is -0.161. The van der Waals surface area contributed by atoms with Gasteiger partial charge in [-0.2, -0.15) is 0 Å². The maximum absolute atomic E-state index is 12.1. The highest BCUT2D eigenvalue weighted by Crippen LogP contribution is 2.35. The van der Waals surface area contributed by atoms with E-state index in [1.54, 1.807) is 0 Å². The van der Waals surface area contributed by atoms with Crippen molar-refractivity contribution in [3.63, 3.8) is 0 Å². The van der Waals surface area contributed by atoms with Crippen molar-refractivity contribution >= 4 is 5.97 Å². The van der Waals surface area contributed by atoms with Crippen LogP contribution in [0.4, 0.5) is 0 Å². The van der Waals surface area contributed by atoms with E-state index < -0.39 is 5.54 Å². The number of nitrogens with one attached hydrogen (secondary N) is 1. The van der Waals surface area contributed by atoms with Gasteiger partial charge in [-0.25, -0.2) is 0 Å². The molecule has 0 spiro atoms. The van der Waals surface area contributed by atoms with Gasteiger partial charge in [0, 0.05) is 13.0 Å². The first-order valence-corrected chi connectivity index (χ1v) is 6.45. The standard InChI is InChI=1S/C13H23NO3/c1-12(2)9-13(6-7-17-12,11(15)16-3)14-8-10-4-5-10/h10,14H,4-9H2,1-3H3. The lowest BCUT2D eigenvalue weighted by Gasteiger charge is -2.43. The number of carbonyl (C=O) groups excluding carboxylic acids is 1. The van der Waals surface area contributed by atoms with E-state index in [4.69, 9.17) is 9.47 Å². The molecule has 0 aromatic rings. The molecule has 4 heteroatoms. The molecule has 0 bridgehead atoms. The van der Waals surface area contributed by atoms with Gasteiger partial charge in [-0.05, 0) is 45.6 Å². The van der Waals surface area contributed by atoms with E-state index in [0.29, 0.717) is 19.4 Å². The average Bonchev–Trinajstić information content (AvgIpc) is 3.07. The Morgan fingerprint density at radius 3 is 2.71 bits per heavy atom. The smallest absolute Gasteiger partial charge is 0.326 e. The molecule has 0 aromatic heterocycles. The predicted molar refractivity (Wildman–Crippen MR) is 64.7 cm³/mol. The van der Waals surface area contributed by atoms with Crippen molar-refractivity contribution in [1.82, 2.24) is 5.32 Å². The first-order chi connectivity index (χ1) is 7.97. The van der Waals surface area contributed by atoms with Crippen LogP contribution in [0, 0.1) is 5.92 Å². The summed E-state index contributed by atoms with van der Waals surface area (Å²) in [6, 6.07) is 0. The second kappa shape index (κ2) is 4.58. The van der Waals surface area contributed by atoms with E-state index in [0.717, 1.165) is 12.5 Å². The predicted octanol–water partition coefficient (Wildman–Crippen LogP) is 1.49. The quantitative estimate of drug-likeness (QED) is 0.757. The lowest BCUT2D eigenvalue weighted by Crippen LogP contribution is -2.60. The van der Waals surface area contributed by atoms with Gasteiger partial charge in [0.05, 0.1) is 12.7 Å². The topological polar surface area (TPSA) is 47.6 Å². The van der Waals surface area contributed by atoms with Crippen LogP contribution in [0.5, 0.6) is 0 Å². The molecule has 0 radical (unpaired) electrons. The van der Waals surface area contributed by atoms with Crippen LogP contribution >= 0.6 is 0 Å². The Kier molecular flexibility index (Phi) is 3.46. The summed E-state index contributed by atoms with van der Waals surface area (Å²) in [5, 5.41) is 3.45. The van der Waals surface area contributed by atoms with Crippen molar-refractivity contribution in [2.75, 3.05) is 20.3 Å². The summed E-state index contributed by atoms with van der Waals surface area (Å²) in [6.45, 7) is 5.59. The molecular weight excluding hydrogens is 218 g/mol. The van der Waals surface area contributed by atoms with E-state index in [1.807, 2.05) is 13.8 Å². The van der Waals surface area contributed by atoms with Crippen LogP contribution in [0.1, 0.15) is 39.5 Å². The molecule has 2 fully saturated rings. The number of ether oxygens (including phenoxy) is 2. The number of esters is 1. The summed E-state index contributed by atoms with van der Waals surface area (Å²) >= 11 is 0. The van der Waals surface area contributed by atoms with Gasteiger partial charge in [0.2, 0.25) is 0 Å². The third-order valence-corrected chi connectivity index (χ3v) is 3.75. The maximum Gasteiger partial charge on any atom is 0.326 e. The second-order valence-electron chi connectivity index (χ2n) is 5.93. The van der Waals surface area contributed by atoms with Gasteiger partial charge < -0.3 is 14.8 Å². The molecule has 1 unspecified atom stereocenters. The van der Waals surface area contributed by atoms with Gasteiger partial charge in [-0.1, -0.05) is 0 Å². The van der Waals surface area contributed by atoms with Crippen LogP contribution in [0.15, 0.2) is 0 Å². The summed E-state index contributed by atoms with van der Waals surface area (Å²) < 4.78 is 10.7. The first kappa shape index (κ1) is 12.8. The van der Waals surface area contributed by atoms with Crippen LogP contribution in [0.2, 0.25) is 0 Å².